The van der Waals surface area contributed by atoms with Crippen molar-refractivity contribution in [1.29, 1.82) is 0 Å². The normalized spacial score (nSPS) is 13.8. The largest absolute Gasteiger partial charge is 0.457 e. The molecule has 2 nitrogen and oxygen atoms in total. The second-order valence-corrected chi connectivity index (χ2v) is 5.14. The first-order valence-electron chi connectivity index (χ1n) is 7.24. The topological polar surface area (TPSA) is 21.3 Å². The highest BCUT2D eigenvalue weighted by Gasteiger charge is 2.15. The van der Waals surface area contributed by atoms with E-state index in [-0.39, 0.29) is 0 Å². The van der Waals surface area contributed by atoms with E-state index in [4.69, 9.17) is 4.74 Å². The van der Waals surface area contributed by atoms with Gasteiger partial charge in [-0.15, -0.1) is 0 Å². The van der Waals surface area contributed by atoms with Crippen molar-refractivity contribution in [2.24, 2.45) is 5.92 Å². The Labute approximate surface area is 121 Å². The molecule has 20 heavy (non-hydrogen) atoms. The molecule has 0 saturated heterocycles. The van der Waals surface area contributed by atoms with E-state index in [1.54, 1.807) is 0 Å². The Morgan fingerprint density at radius 1 is 0.950 bits per heavy atom. The van der Waals surface area contributed by atoms with Gasteiger partial charge in [0.1, 0.15) is 11.5 Å². The fraction of sp³-hybridized carbons (Fsp3) is 0.333. The van der Waals surface area contributed by atoms with Gasteiger partial charge in [-0.1, -0.05) is 50.6 Å². The maximum atomic E-state index is 5.81. The molecule has 0 aromatic heterocycles. The first kappa shape index (κ1) is 14.6. The van der Waals surface area contributed by atoms with Crippen molar-refractivity contribution >= 4 is 0 Å². The third-order valence-electron chi connectivity index (χ3n) is 3.74. The van der Waals surface area contributed by atoms with Gasteiger partial charge in [0.15, 0.2) is 0 Å². The van der Waals surface area contributed by atoms with Crippen LogP contribution in [0.5, 0.6) is 11.5 Å². The molecule has 0 aliphatic heterocycles. The lowest BCUT2D eigenvalue weighted by molar-refractivity contribution is 0.400. The van der Waals surface area contributed by atoms with E-state index in [1.807, 2.05) is 49.5 Å². The summed E-state index contributed by atoms with van der Waals surface area (Å²) in [5.41, 5.74) is 1.31. The van der Waals surface area contributed by atoms with Crippen molar-refractivity contribution in [3.63, 3.8) is 0 Å². The second-order valence-electron chi connectivity index (χ2n) is 5.14. The van der Waals surface area contributed by atoms with Crippen molar-refractivity contribution in [3.05, 3.63) is 60.2 Å². The van der Waals surface area contributed by atoms with Crippen LogP contribution in [0.1, 0.15) is 31.9 Å². The molecule has 0 fully saturated rings. The monoisotopic (exact) mass is 269 g/mol. The zero-order chi connectivity index (χ0) is 14.4. The summed E-state index contributed by atoms with van der Waals surface area (Å²) in [6, 6.07) is 18.6. The molecule has 2 aromatic carbocycles. The first-order chi connectivity index (χ1) is 9.74. The fourth-order valence-electron chi connectivity index (χ4n) is 2.38. The van der Waals surface area contributed by atoms with Crippen molar-refractivity contribution in [3.8, 4) is 11.5 Å². The summed E-state index contributed by atoms with van der Waals surface area (Å²) in [5.74, 6) is 2.35. The van der Waals surface area contributed by atoms with Crippen LogP contribution in [0.15, 0.2) is 54.6 Å². The maximum absolute atomic E-state index is 5.81. The Morgan fingerprint density at radius 3 is 2.10 bits per heavy atom. The van der Waals surface area contributed by atoms with Gasteiger partial charge in [-0.05, 0) is 42.8 Å². The van der Waals surface area contributed by atoms with Crippen LogP contribution in [0.25, 0.3) is 0 Å². The molecule has 2 atom stereocenters. The standard InChI is InChI=1S/C18H23NO/c1-4-14(2)18(19-3)15-10-12-17(13-11-15)20-16-8-6-5-7-9-16/h5-14,18-19H,4H2,1-3H3. The summed E-state index contributed by atoms with van der Waals surface area (Å²) in [6.07, 6.45) is 1.16. The van der Waals surface area contributed by atoms with Crippen LogP contribution < -0.4 is 10.1 Å². The third-order valence-corrected chi connectivity index (χ3v) is 3.74. The van der Waals surface area contributed by atoms with Crippen LogP contribution in [0.2, 0.25) is 0 Å². The summed E-state index contributed by atoms with van der Waals surface area (Å²) in [5, 5.41) is 3.40. The predicted octanol–water partition coefficient (Wildman–Crippen LogP) is 4.79. The molecule has 1 N–H and O–H groups in total. The molecule has 0 heterocycles. The molecule has 2 rings (SSSR count). The zero-order valence-corrected chi connectivity index (χ0v) is 12.5. The Balaban J connectivity index is 2.09. The molecule has 0 bridgehead atoms. The van der Waals surface area contributed by atoms with E-state index in [0.717, 1.165) is 17.9 Å². The molecule has 2 heteroatoms. The Morgan fingerprint density at radius 2 is 1.55 bits per heavy atom. The third kappa shape index (κ3) is 3.61. The molecule has 2 unspecified atom stereocenters. The van der Waals surface area contributed by atoms with Crippen LogP contribution in [0.4, 0.5) is 0 Å². The minimum Gasteiger partial charge on any atom is -0.457 e. The van der Waals surface area contributed by atoms with Gasteiger partial charge in [0, 0.05) is 6.04 Å². The van der Waals surface area contributed by atoms with Crippen LogP contribution >= 0.6 is 0 Å². The number of ether oxygens (including phenoxy) is 1. The van der Waals surface area contributed by atoms with Crippen LogP contribution in [0.3, 0.4) is 0 Å². The maximum Gasteiger partial charge on any atom is 0.127 e. The van der Waals surface area contributed by atoms with E-state index >= 15 is 0 Å². The van der Waals surface area contributed by atoms with Gasteiger partial charge < -0.3 is 10.1 Å². The number of rotatable bonds is 6. The van der Waals surface area contributed by atoms with Gasteiger partial charge >= 0.3 is 0 Å². The molecule has 2 aromatic rings. The van der Waals surface area contributed by atoms with Gasteiger partial charge in [-0.25, -0.2) is 0 Å². The fourth-order valence-corrected chi connectivity index (χ4v) is 2.38. The predicted molar refractivity (Wildman–Crippen MR) is 84.2 cm³/mol. The molecule has 0 radical (unpaired) electrons. The van der Waals surface area contributed by atoms with Gasteiger partial charge in [0.2, 0.25) is 0 Å². The Hall–Kier alpha value is -1.80. The summed E-state index contributed by atoms with van der Waals surface area (Å²) in [7, 11) is 2.02. The quantitative estimate of drug-likeness (QED) is 0.814. The molecule has 0 aliphatic carbocycles. The van der Waals surface area contributed by atoms with E-state index in [9.17, 15) is 0 Å². The van der Waals surface area contributed by atoms with Crippen molar-refractivity contribution in [2.45, 2.75) is 26.3 Å². The van der Waals surface area contributed by atoms with E-state index in [1.165, 1.54) is 5.56 Å². The molecule has 0 saturated carbocycles. The SMILES string of the molecule is CCC(C)C(NC)c1ccc(Oc2ccccc2)cc1. The average molecular weight is 269 g/mol. The van der Waals surface area contributed by atoms with Crippen LogP contribution in [-0.2, 0) is 0 Å². The number of hydrogen-bond donors (Lipinski definition) is 1. The smallest absolute Gasteiger partial charge is 0.127 e. The molecule has 0 amide bonds. The zero-order valence-electron chi connectivity index (χ0n) is 12.5. The number of para-hydroxylation sites is 1. The van der Waals surface area contributed by atoms with Crippen molar-refractivity contribution in [2.75, 3.05) is 7.05 Å². The highest BCUT2D eigenvalue weighted by molar-refractivity contribution is 5.34. The van der Waals surface area contributed by atoms with Crippen molar-refractivity contribution < 1.29 is 4.74 Å². The van der Waals surface area contributed by atoms with Gasteiger partial charge in [-0.3, -0.25) is 0 Å². The average Bonchev–Trinajstić information content (AvgIpc) is 2.50. The Kier molecular flexibility index (Phi) is 5.19. The summed E-state index contributed by atoms with van der Waals surface area (Å²) in [6.45, 7) is 4.50. The number of benzene rings is 2. The molecular weight excluding hydrogens is 246 g/mol. The number of nitrogens with one attached hydrogen (secondary N) is 1. The van der Waals surface area contributed by atoms with Gasteiger partial charge in [0.05, 0.1) is 0 Å². The lowest BCUT2D eigenvalue weighted by Crippen LogP contribution is -2.22. The van der Waals surface area contributed by atoms with E-state index in [0.29, 0.717) is 12.0 Å². The summed E-state index contributed by atoms with van der Waals surface area (Å²) in [4.78, 5) is 0. The summed E-state index contributed by atoms with van der Waals surface area (Å²) < 4.78 is 5.81. The highest BCUT2D eigenvalue weighted by atomic mass is 16.5. The second kappa shape index (κ2) is 7.11. The minimum absolute atomic E-state index is 0.394. The molecule has 0 aliphatic rings. The van der Waals surface area contributed by atoms with Crippen LogP contribution in [-0.4, -0.2) is 7.05 Å². The van der Waals surface area contributed by atoms with Crippen molar-refractivity contribution in [1.82, 2.24) is 5.32 Å². The Bertz CT molecular complexity index is 507. The lowest BCUT2D eigenvalue weighted by Gasteiger charge is -2.23. The number of hydrogen-bond acceptors (Lipinski definition) is 2. The van der Waals surface area contributed by atoms with Gasteiger partial charge in [-0.2, -0.15) is 0 Å². The van der Waals surface area contributed by atoms with Crippen LogP contribution in [0, 0.1) is 5.92 Å². The highest BCUT2D eigenvalue weighted by Crippen LogP contribution is 2.27. The molecule has 0 spiro atoms. The van der Waals surface area contributed by atoms with E-state index < -0.39 is 0 Å². The molecule has 106 valence electrons. The summed E-state index contributed by atoms with van der Waals surface area (Å²) >= 11 is 0. The van der Waals surface area contributed by atoms with E-state index in [2.05, 4.69) is 31.3 Å². The first-order valence-corrected chi connectivity index (χ1v) is 7.24. The lowest BCUT2D eigenvalue weighted by atomic mass is 9.93. The molecular formula is C18H23NO. The minimum atomic E-state index is 0.394. The van der Waals surface area contributed by atoms with Gasteiger partial charge in [0.25, 0.3) is 0 Å².